The number of hydrogen-bond donors (Lipinski definition) is 2. The van der Waals surface area contributed by atoms with E-state index in [1.165, 1.54) is 0 Å². The van der Waals surface area contributed by atoms with Crippen LogP contribution in [0.15, 0.2) is 18.5 Å². The van der Waals surface area contributed by atoms with Crippen LogP contribution in [0.5, 0.6) is 0 Å². The summed E-state index contributed by atoms with van der Waals surface area (Å²) in [4.78, 5) is 4.29. The van der Waals surface area contributed by atoms with Crippen molar-refractivity contribution in [2.75, 3.05) is 23.8 Å². The Morgan fingerprint density at radius 3 is 2.70 bits per heavy atom. The lowest BCUT2D eigenvalue weighted by Gasteiger charge is -2.40. The molecule has 0 bridgehead atoms. The maximum Gasteiger partial charge on any atom is 0.0696 e. The zero-order chi connectivity index (χ0) is 14.4. The molecule has 1 aromatic rings. The molecule has 1 atom stereocenters. The van der Waals surface area contributed by atoms with Crippen molar-refractivity contribution < 1.29 is 4.74 Å². The van der Waals surface area contributed by atoms with Crippen LogP contribution in [0.1, 0.15) is 46.5 Å². The number of nitrogens with one attached hydrogen (secondary N) is 2. The molecule has 2 N–H and O–H groups in total. The van der Waals surface area contributed by atoms with Gasteiger partial charge >= 0.3 is 0 Å². The Hall–Kier alpha value is -1.29. The average molecular weight is 277 g/mol. The van der Waals surface area contributed by atoms with Gasteiger partial charge in [0, 0.05) is 19.2 Å². The zero-order valence-electron chi connectivity index (χ0n) is 12.9. The highest BCUT2D eigenvalue weighted by Crippen LogP contribution is 2.32. The minimum absolute atomic E-state index is 0.0582. The summed E-state index contributed by atoms with van der Waals surface area (Å²) < 4.78 is 6.03. The second kappa shape index (κ2) is 6.93. The summed E-state index contributed by atoms with van der Waals surface area (Å²) in [6.45, 7) is 8.30. The molecular weight excluding hydrogens is 250 g/mol. The van der Waals surface area contributed by atoms with Gasteiger partial charge < -0.3 is 15.4 Å². The summed E-state index contributed by atoms with van der Waals surface area (Å²) in [5.74, 6) is 0. The van der Waals surface area contributed by atoms with Gasteiger partial charge in [0.25, 0.3) is 0 Å². The molecule has 2 heterocycles. The summed E-state index contributed by atoms with van der Waals surface area (Å²) in [5, 5.41) is 6.92. The Morgan fingerprint density at radius 1 is 1.25 bits per heavy atom. The van der Waals surface area contributed by atoms with E-state index in [-0.39, 0.29) is 5.60 Å². The van der Waals surface area contributed by atoms with Crippen LogP contribution in [-0.4, -0.2) is 29.8 Å². The predicted molar refractivity (Wildman–Crippen MR) is 84.3 cm³/mol. The van der Waals surface area contributed by atoms with E-state index in [1.54, 1.807) is 0 Å². The Morgan fingerprint density at radius 2 is 2.00 bits per heavy atom. The lowest BCUT2D eigenvalue weighted by molar-refractivity contribution is -0.0864. The summed E-state index contributed by atoms with van der Waals surface area (Å²) >= 11 is 0. The molecule has 0 saturated carbocycles. The van der Waals surface area contributed by atoms with Crippen molar-refractivity contribution >= 4 is 11.4 Å². The Kier molecular flexibility index (Phi) is 5.24. The number of hydrogen-bond acceptors (Lipinski definition) is 4. The quantitative estimate of drug-likeness (QED) is 0.833. The largest absolute Gasteiger partial charge is 0.384 e. The van der Waals surface area contributed by atoms with Crippen LogP contribution in [0, 0.1) is 0 Å². The maximum absolute atomic E-state index is 6.03. The molecule has 0 amide bonds. The van der Waals surface area contributed by atoms with Crippen molar-refractivity contribution in [3.8, 4) is 0 Å². The number of aromatic nitrogens is 1. The van der Waals surface area contributed by atoms with E-state index in [4.69, 9.17) is 4.74 Å². The third-order valence-corrected chi connectivity index (χ3v) is 4.27. The summed E-state index contributed by atoms with van der Waals surface area (Å²) in [6, 6.07) is 2.60. The van der Waals surface area contributed by atoms with Crippen molar-refractivity contribution in [3.63, 3.8) is 0 Å². The second-order valence-electron chi connectivity index (χ2n) is 5.57. The average Bonchev–Trinajstić information content (AvgIpc) is 2.48. The fourth-order valence-corrected chi connectivity index (χ4v) is 2.95. The molecule has 4 heteroatoms. The van der Waals surface area contributed by atoms with Gasteiger partial charge in [-0.3, -0.25) is 4.98 Å². The summed E-state index contributed by atoms with van der Waals surface area (Å²) in [6.07, 6.45) is 8.06. The molecule has 0 spiro atoms. The minimum atomic E-state index is 0.0582. The number of nitrogens with zero attached hydrogens (tertiary/aromatic N) is 1. The number of ether oxygens (including phenoxy) is 1. The van der Waals surface area contributed by atoms with Gasteiger partial charge in [0.05, 0.1) is 29.4 Å². The van der Waals surface area contributed by atoms with Crippen molar-refractivity contribution in [2.45, 2.75) is 58.1 Å². The molecule has 1 aliphatic rings. The number of anilines is 2. The van der Waals surface area contributed by atoms with Gasteiger partial charge in [-0.05, 0) is 38.7 Å². The third-order valence-electron chi connectivity index (χ3n) is 4.27. The molecule has 1 saturated heterocycles. The third kappa shape index (κ3) is 3.63. The first-order valence-corrected chi connectivity index (χ1v) is 7.80. The van der Waals surface area contributed by atoms with Crippen molar-refractivity contribution in [1.82, 2.24) is 4.98 Å². The minimum Gasteiger partial charge on any atom is -0.384 e. The second-order valence-corrected chi connectivity index (χ2v) is 5.57. The number of rotatable bonds is 6. The Bertz CT molecular complexity index is 418. The van der Waals surface area contributed by atoms with Gasteiger partial charge in [-0.1, -0.05) is 13.8 Å². The van der Waals surface area contributed by atoms with Gasteiger partial charge in [0.15, 0.2) is 0 Å². The molecule has 2 rings (SSSR count). The highest BCUT2D eigenvalue weighted by Gasteiger charge is 2.34. The fourth-order valence-electron chi connectivity index (χ4n) is 2.95. The van der Waals surface area contributed by atoms with E-state index in [0.29, 0.717) is 6.04 Å². The van der Waals surface area contributed by atoms with E-state index in [1.807, 2.05) is 12.4 Å². The van der Waals surface area contributed by atoms with E-state index in [2.05, 4.69) is 42.5 Å². The molecule has 1 unspecified atom stereocenters. The normalized spacial score (nSPS) is 21.4. The topological polar surface area (TPSA) is 46.2 Å². The maximum atomic E-state index is 6.03. The van der Waals surface area contributed by atoms with Gasteiger partial charge in [-0.15, -0.1) is 0 Å². The van der Waals surface area contributed by atoms with E-state index < -0.39 is 0 Å². The SMILES string of the molecule is CCNc1cncc(NC2CCOC(CC)(CC)C2)c1. The fraction of sp³-hybridized carbons (Fsp3) is 0.688. The van der Waals surface area contributed by atoms with E-state index in [0.717, 1.165) is 50.2 Å². The van der Waals surface area contributed by atoms with Gasteiger partial charge in [0.1, 0.15) is 0 Å². The lowest BCUT2D eigenvalue weighted by Crippen LogP contribution is -2.43. The first kappa shape index (κ1) is 15.1. The Balaban J connectivity index is 2.00. The summed E-state index contributed by atoms with van der Waals surface area (Å²) in [5.41, 5.74) is 2.22. The Labute approximate surface area is 122 Å². The molecule has 0 aromatic carbocycles. The highest BCUT2D eigenvalue weighted by molar-refractivity contribution is 5.54. The first-order chi connectivity index (χ1) is 9.71. The zero-order valence-corrected chi connectivity index (χ0v) is 12.9. The smallest absolute Gasteiger partial charge is 0.0696 e. The first-order valence-electron chi connectivity index (χ1n) is 7.80. The molecule has 4 nitrogen and oxygen atoms in total. The monoisotopic (exact) mass is 277 g/mol. The van der Waals surface area contributed by atoms with Crippen LogP contribution in [0.25, 0.3) is 0 Å². The van der Waals surface area contributed by atoms with Crippen LogP contribution in [0.3, 0.4) is 0 Å². The van der Waals surface area contributed by atoms with Crippen LogP contribution >= 0.6 is 0 Å². The van der Waals surface area contributed by atoms with Crippen LogP contribution in [0.2, 0.25) is 0 Å². The molecule has 0 radical (unpaired) electrons. The number of pyridine rings is 1. The standard InChI is InChI=1S/C16H27N3O/c1-4-16(5-2)10-13(7-8-20-16)19-15-9-14(18-6-3)11-17-12-15/h9,11-13,18-19H,4-8,10H2,1-3H3. The van der Waals surface area contributed by atoms with E-state index >= 15 is 0 Å². The van der Waals surface area contributed by atoms with Gasteiger partial charge in [-0.2, -0.15) is 0 Å². The predicted octanol–water partition coefficient (Wildman–Crippen LogP) is 3.66. The molecule has 1 fully saturated rings. The highest BCUT2D eigenvalue weighted by atomic mass is 16.5. The van der Waals surface area contributed by atoms with Crippen molar-refractivity contribution in [1.29, 1.82) is 0 Å². The summed E-state index contributed by atoms with van der Waals surface area (Å²) in [7, 11) is 0. The molecule has 1 aliphatic heterocycles. The van der Waals surface area contributed by atoms with Gasteiger partial charge in [-0.25, -0.2) is 0 Å². The van der Waals surface area contributed by atoms with Crippen LogP contribution < -0.4 is 10.6 Å². The molecule has 1 aromatic heterocycles. The van der Waals surface area contributed by atoms with E-state index in [9.17, 15) is 0 Å². The molecule has 20 heavy (non-hydrogen) atoms. The lowest BCUT2D eigenvalue weighted by atomic mass is 9.86. The van der Waals surface area contributed by atoms with Crippen LogP contribution in [0.4, 0.5) is 11.4 Å². The van der Waals surface area contributed by atoms with Crippen molar-refractivity contribution in [2.24, 2.45) is 0 Å². The molecule has 0 aliphatic carbocycles. The van der Waals surface area contributed by atoms with Gasteiger partial charge in [0.2, 0.25) is 0 Å². The molecular formula is C16H27N3O. The van der Waals surface area contributed by atoms with Crippen LogP contribution in [-0.2, 0) is 4.74 Å². The van der Waals surface area contributed by atoms with Crippen molar-refractivity contribution in [3.05, 3.63) is 18.5 Å². The molecule has 112 valence electrons.